The monoisotopic (exact) mass is 387 g/mol. The Morgan fingerprint density at radius 3 is 2.56 bits per heavy atom. The summed E-state index contributed by atoms with van der Waals surface area (Å²) in [6, 6.07) is 16.5. The van der Waals surface area contributed by atoms with Gasteiger partial charge >= 0.3 is 0 Å². The van der Waals surface area contributed by atoms with Gasteiger partial charge in [0.1, 0.15) is 5.75 Å². The van der Waals surface area contributed by atoms with Gasteiger partial charge in [-0.15, -0.1) is 0 Å². The lowest BCUT2D eigenvalue weighted by molar-refractivity contribution is -0.00689. The molecule has 0 N–H and O–H groups in total. The zero-order valence-corrected chi connectivity index (χ0v) is 17.3. The van der Waals surface area contributed by atoms with E-state index in [-0.39, 0.29) is 0 Å². The Kier molecular flexibility index (Phi) is 7.17. The van der Waals surface area contributed by atoms with Crippen LogP contribution in [0.5, 0.6) is 5.75 Å². The normalized spacial score (nSPS) is 22.8. The molecule has 3 unspecified atom stereocenters. The van der Waals surface area contributed by atoms with Crippen LogP contribution < -0.4 is 4.74 Å². The zero-order valence-electron chi connectivity index (χ0n) is 16.5. The summed E-state index contributed by atoms with van der Waals surface area (Å²) in [7, 11) is 6.04. The smallest absolute Gasteiger partial charge is 0.119 e. The molecule has 0 saturated heterocycles. The van der Waals surface area contributed by atoms with Crippen molar-refractivity contribution in [2.75, 3.05) is 27.7 Å². The predicted octanol–water partition coefficient (Wildman–Crippen LogP) is 5.38. The molecule has 0 bridgehead atoms. The number of hydrogen-bond acceptors (Lipinski definition) is 3. The van der Waals surface area contributed by atoms with E-state index in [9.17, 15) is 0 Å². The van der Waals surface area contributed by atoms with Crippen LogP contribution in [0.25, 0.3) is 0 Å². The molecule has 146 valence electrons. The summed E-state index contributed by atoms with van der Waals surface area (Å²) in [5.41, 5.74) is 2.57. The van der Waals surface area contributed by atoms with Gasteiger partial charge < -0.3 is 14.4 Å². The van der Waals surface area contributed by atoms with E-state index in [0.717, 1.165) is 36.6 Å². The summed E-state index contributed by atoms with van der Waals surface area (Å²) in [6.07, 6.45) is 3.65. The van der Waals surface area contributed by atoms with Crippen LogP contribution in [-0.2, 0) is 11.3 Å². The van der Waals surface area contributed by atoms with E-state index in [1.54, 1.807) is 7.11 Å². The third kappa shape index (κ3) is 5.71. The molecule has 4 heteroatoms. The van der Waals surface area contributed by atoms with Crippen molar-refractivity contribution in [2.45, 2.75) is 37.9 Å². The van der Waals surface area contributed by atoms with Crippen molar-refractivity contribution in [1.82, 2.24) is 4.90 Å². The Balaban J connectivity index is 1.65. The Bertz CT molecular complexity index is 717. The van der Waals surface area contributed by atoms with Crippen LogP contribution in [0.2, 0.25) is 5.02 Å². The van der Waals surface area contributed by atoms with Crippen molar-refractivity contribution in [3.63, 3.8) is 0 Å². The molecular formula is C23H30ClNO2. The number of rotatable bonds is 7. The van der Waals surface area contributed by atoms with Gasteiger partial charge in [0.15, 0.2) is 0 Å². The molecule has 3 atom stereocenters. The Morgan fingerprint density at radius 2 is 1.85 bits per heavy atom. The average molecular weight is 388 g/mol. The van der Waals surface area contributed by atoms with Crippen LogP contribution in [0.1, 0.15) is 36.3 Å². The number of ether oxygens (including phenoxy) is 2. The highest BCUT2D eigenvalue weighted by atomic mass is 35.5. The van der Waals surface area contributed by atoms with Crippen LogP contribution in [-0.4, -0.2) is 38.8 Å². The molecule has 0 aromatic heterocycles. The summed E-state index contributed by atoms with van der Waals surface area (Å²) >= 11 is 5.97. The van der Waals surface area contributed by atoms with E-state index in [0.29, 0.717) is 24.5 Å². The number of hydrogen-bond donors (Lipinski definition) is 0. The summed E-state index contributed by atoms with van der Waals surface area (Å²) in [6.45, 7) is 1.73. The fourth-order valence-corrected chi connectivity index (χ4v) is 4.27. The van der Waals surface area contributed by atoms with Gasteiger partial charge in [0.05, 0.1) is 19.8 Å². The van der Waals surface area contributed by atoms with Crippen LogP contribution >= 0.6 is 11.6 Å². The highest BCUT2D eigenvalue weighted by Crippen LogP contribution is 2.40. The lowest BCUT2D eigenvalue weighted by atomic mass is 9.74. The first-order valence-corrected chi connectivity index (χ1v) is 10.1. The summed E-state index contributed by atoms with van der Waals surface area (Å²) in [4.78, 5) is 2.29. The van der Waals surface area contributed by atoms with E-state index in [1.807, 2.05) is 30.3 Å². The molecule has 2 aromatic rings. The molecule has 1 aliphatic carbocycles. The zero-order chi connectivity index (χ0) is 19.2. The molecule has 0 heterocycles. The number of nitrogens with zero attached hydrogens (tertiary/aromatic N) is 1. The number of methoxy groups -OCH3 is 1. The largest absolute Gasteiger partial charge is 0.497 e. The fraction of sp³-hybridized carbons (Fsp3) is 0.478. The average Bonchev–Trinajstić information content (AvgIpc) is 2.67. The second-order valence-electron chi connectivity index (χ2n) is 7.78. The maximum absolute atomic E-state index is 6.26. The fourth-order valence-electron chi connectivity index (χ4n) is 4.15. The van der Waals surface area contributed by atoms with E-state index in [1.165, 1.54) is 11.1 Å². The van der Waals surface area contributed by atoms with Crippen LogP contribution in [0.4, 0.5) is 0 Å². The summed E-state index contributed by atoms with van der Waals surface area (Å²) < 4.78 is 11.7. The van der Waals surface area contributed by atoms with Gasteiger partial charge in [0, 0.05) is 11.6 Å². The van der Waals surface area contributed by atoms with Gasteiger partial charge in [-0.1, -0.05) is 35.9 Å². The topological polar surface area (TPSA) is 21.7 Å². The van der Waals surface area contributed by atoms with Gasteiger partial charge in [0.2, 0.25) is 0 Å². The third-order valence-corrected chi connectivity index (χ3v) is 5.71. The maximum Gasteiger partial charge on any atom is 0.119 e. The van der Waals surface area contributed by atoms with Crippen molar-refractivity contribution >= 4 is 11.6 Å². The van der Waals surface area contributed by atoms with E-state index in [2.05, 4.69) is 37.2 Å². The van der Waals surface area contributed by atoms with Crippen molar-refractivity contribution in [2.24, 2.45) is 5.92 Å². The molecule has 3 rings (SSSR count). The van der Waals surface area contributed by atoms with Crippen LogP contribution in [0, 0.1) is 5.92 Å². The molecule has 0 spiro atoms. The van der Waals surface area contributed by atoms with Crippen LogP contribution in [0.3, 0.4) is 0 Å². The number of halogens is 1. The molecule has 1 fully saturated rings. The van der Waals surface area contributed by atoms with Crippen molar-refractivity contribution in [3.05, 3.63) is 64.7 Å². The first kappa shape index (κ1) is 20.2. The second kappa shape index (κ2) is 9.59. The first-order chi connectivity index (χ1) is 13.0. The summed E-state index contributed by atoms with van der Waals surface area (Å²) in [5, 5.41) is 0.767. The van der Waals surface area contributed by atoms with Crippen LogP contribution in [0.15, 0.2) is 48.5 Å². The molecule has 0 amide bonds. The van der Waals surface area contributed by atoms with Gasteiger partial charge in [0.25, 0.3) is 0 Å². The quantitative estimate of drug-likeness (QED) is 0.636. The molecule has 1 saturated carbocycles. The molecule has 0 radical (unpaired) electrons. The molecular weight excluding hydrogens is 358 g/mol. The van der Waals surface area contributed by atoms with Crippen molar-refractivity contribution < 1.29 is 9.47 Å². The van der Waals surface area contributed by atoms with Gasteiger partial charge in [-0.3, -0.25) is 0 Å². The SMILES string of the molecule is COc1cccc(C2CCC(OCc3ccc(Cl)cc3)CC2CN(C)C)c1. The van der Waals surface area contributed by atoms with E-state index < -0.39 is 0 Å². The first-order valence-electron chi connectivity index (χ1n) is 9.70. The van der Waals surface area contributed by atoms with Gasteiger partial charge in [-0.2, -0.15) is 0 Å². The Hall–Kier alpha value is -1.55. The molecule has 3 nitrogen and oxygen atoms in total. The lowest BCUT2D eigenvalue weighted by Gasteiger charge is -2.38. The Morgan fingerprint density at radius 1 is 1.07 bits per heavy atom. The van der Waals surface area contributed by atoms with Crippen molar-refractivity contribution in [1.29, 1.82) is 0 Å². The molecule has 1 aliphatic rings. The van der Waals surface area contributed by atoms with E-state index in [4.69, 9.17) is 21.1 Å². The highest BCUT2D eigenvalue weighted by molar-refractivity contribution is 6.30. The van der Waals surface area contributed by atoms with Crippen molar-refractivity contribution in [3.8, 4) is 5.75 Å². The van der Waals surface area contributed by atoms with Gasteiger partial charge in [-0.25, -0.2) is 0 Å². The minimum absolute atomic E-state index is 0.312. The maximum atomic E-state index is 6.26. The molecule has 27 heavy (non-hydrogen) atoms. The minimum atomic E-state index is 0.312. The molecule has 2 aromatic carbocycles. The number of benzene rings is 2. The summed E-state index contributed by atoms with van der Waals surface area (Å²) in [5.74, 6) is 2.08. The van der Waals surface area contributed by atoms with Gasteiger partial charge in [-0.05, 0) is 80.6 Å². The Labute approximate surface area is 168 Å². The third-order valence-electron chi connectivity index (χ3n) is 5.45. The second-order valence-corrected chi connectivity index (χ2v) is 8.21. The minimum Gasteiger partial charge on any atom is -0.497 e. The predicted molar refractivity (Wildman–Crippen MR) is 112 cm³/mol. The van der Waals surface area contributed by atoms with E-state index >= 15 is 0 Å². The standard InChI is InChI=1S/C23H30ClNO2/c1-25(2)15-19-14-22(27-16-17-7-9-20(24)10-8-17)11-12-23(19)18-5-4-6-21(13-18)26-3/h4-10,13,19,22-23H,11-12,14-16H2,1-3H3. The lowest BCUT2D eigenvalue weighted by Crippen LogP contribution is -2.34. The highest BCUT2D eigenvalue weighted by Gasteiger charge is 2.32. The molecule has 0 aliphatic heterocycles.